The van der Waals surface area contributed by atoms with E-state index in [-0.39, 0.29) is 5.91 Å². The summed E-state index contributed by atoms with van der Waals surface area (Å²) in [5.41, 5.74) is 1.43. The lowest BCUT2D eigenvalue weighted by Crippen LogP contribution is -2.31. The minimum absolute atomic E-state index is 0.172. The van der Waals surface area contributed by atoms with Gasteiger partial charge in [0.05, 0.1) is 29.9 Å². The van der Waals surface area contributed by atoms with Gasteiger partial charge in [0.25, 0.3) is 5.91 Å². The highest BCUT2D eigenvalue weighted by molar-refractivity contribution is 6.36. The number of hydrogen-bond donors (Lipinski definition) is 0. The molecule has 0 fully saturated rings. The molecule has 0 saturated heterocycles. The fraction of sp³-hybridized carbons (Fsp3) is 0.167. The fourth-order valence-electron chi connectivity index (χ4n) is 2.48. The lowest BCUT2D eigenvalue weighted by atomic mass is 10.2. The standard InChI is InChI=1S/C18H16Cl2N2O2/c1-21-8-2-4-14(21)11-22(12-15-5-3-9-24-15)18(23)16-7-6-13(19)10-17(16)20/h2-10H,11-12H2,1H3. The van der Waals surface area contributed by atoms with Crippen molar-refractivity contribution in [2.75, 3.05) is 0 Å². The van der Waals surface area contributed by atoms with Crippen molar-refractivity contribution in [3.8, 4) is 0 Å². The number of hydrogen-bond acceptors (Lipinski definition) is 2. The zero-order valence-electron chi connectivity index (χ0n) is 13.1. The molecule has 0 aliphatic heterocycles. The van der Waals surface area contributed by atoms with Crippen molar-refractivity contribution in [3.05, 3.63) is 82.0 Å². The molecule has 124 valence electrons. The van der Waals surface area contributed by atoms with Gasteiger partial charge >= 0.3 is 0 Å². The molecular formula is C18H16Cl2N2O2. The van der Waals surface area contributed by atoms with Crippen LogP contribution in [0.2, 0.25) is 10.0 Å². The van der Waals surface area contributed by atoms with Crippen LogP contribution in [0, 0.1) is 0 Å². The van der Waals surface area contributed by atoms with Crippen LogP contribution < -0.4 is 0 Å². The van der Waals surface area contributed by atoms with Crippen LogP contribution in [0.25, 0.3) is 0 Å². The number of aryl methyl sites for hydroxylation is 1. The molecule has 0 spiro atoms. The Morgan fingerprint density at radius 2 is 2.00 bits per heavy atom. The number of carbonyl (C=O) groups excluding carboxylic acids is 1. The van der Waals surface area contributed by atoms with Crippen LogP contribution in [0.3, 0.4) is 0 Å². The molecule has 0 saturated carbocycles. The van der Waals surface area contributed by atoms with E-state index >= 15 is 0 Å². The molecule has 2 heterocycles. The van der Waals surface area contributed by atoms with E-state index in [1.807, 2.05) is 36.0 Å². The first-order chi connectivity index (χ1) is 11.5. The Balaban J connectivity index is 1.90. The van der Waals surface area contributed by atoms with E-state index in [0.717, 1.165) is 5.69 Å². The average Bonchev–Trinajstić information content (AvgIpc) is 3.18. The Kier molecular flexibility index (Phi) is 4.97. The second kappa shape index (κ2) is 7.16. The van der Waals surface area contributed by atoms with Crippen LogP contribution in [-0.2, 0) is 20.1 Å². The lowest BCUT2D eigenvalue weighted by Gasteiger charge is -2.23. The summed E-state index contributed by atoms with van der Waals surface area (Å²) < 4.78 is 7.37. The van der Waals surface area contributed by atoms with E-state index in [1.165, 1.54) is 0 Å². The molecular weight excluding hydrogens is 347 g/mol. The summed E-state index contributed by atoms with van der Waals surface area (Å²) >= 11 is 12.1. The number of benzene rings is 1. The summed E-state index contributed by atoms with van der Waals surface area (Å²) in [6.07, 6.45) is 3.54. The van der Waals surface area contributed by atoms with Gasteiger partial charge in [-0.05, 0) is 42.5 Å². The summed E-state index contributed by atoms with van der Waals surface area (Å²) in [5, 5.41) is 0.834. The van der Waals surface area contributed by atoms with Crippen LogP contribution in [-0.4, -0.2) is 15.4 Å². The van der Waals surface area contributed by atoms with Crippen molar-refractivity contribution in [3.63, 3.8) is 0 Å². The Morgan fingerprint density at radius 3 is 2.62 bits per heavy atom. The van der Waals surface area contributed by atoms with Crippen LogP contribution in [0.15, 0.2) is 59.3 Å². The summed E-state index contributed by atoms with van der Waals surface area (Å²) in [4.78, 5) is 14.7. The van der Waals surface area contributed by atoms with E-state index in [0.29, 0.717) is 34.5 Å². The number of nitrogens with zero attached hydrogens (tertiary/aromatic N) is 2. The molecule has 0 radical (unpaired) electrons. The van der Waals surface area contributed by atoms with Gasteiger partial charge in [-0.2, -0.15) is 0 Å². The molecule has 2 aromatic heterocycles. The van der Waals surface area contributed by atoms with Crippen LogP contribution in [0.1, 0.15) is 21.8 Å². The van der Waals surface area contributed by atoms with E-state index in [9.17, 15) is 4.79 Å². The second-order valence-corrected chi connectivity index (χ2v) is 6.32. The average molecular weight is 363 g/mol. The maximum atomic E-state index is 13.0. The molecule has 0 bridgehead atoms. The highest BCUT2D eigenvalue weighted by atomic mass is 35.5. The summed E-state index contributed by atoms with van der Waals surface area (Å²) in [6.45, 7) is 0.804. The van der Waals surface area contributed by atoms with Gasteiger partial charge in [0.2, 0.25) is 0 Å². The van der Waals surface area contributed by atoms with Crippen LogP contribution >= 0.6 is 23.2 Å². The zero-order valence-corrected chi connectivity index (χ0v) is 14.6. The van der Waals surface area contributed by atoms with Crippen molar-refractivity contribution >= 4 is 29.1 Å². The predicted molar refractivity (Wildman–Crippen MR) is 94.2 cm³/mol. The molecule has 1 aromatic carbocycles. The van der Waals surface area contributed by atoms with Gasteiger partial charge in [-0.1, -0.05) is 23.2 Å². The van der Waals surface area contributed by atoms with Crippen molar-refractivity contribution in [2.45, 2.75) is 13.1 Å². The summed E-state index contributed by atoms with van der Waals surface area (Å²) in [7, 11) is 1.94. The first kappa shape index (κ1) is 16.7. The molecule has 0 atom stereocenters. The van der Waals surface area contributed by atoms with Gasteiger partial charge in [-0.15, -0.1) is 0 Å². The molecule has 1 amide bonds. The molecule has 4 nitrogen and oxygen atoms in total. The second-order valence-electron chi connectivity index (χ2n) is 5.48. The van der Waals surface area contributed by atoms with E-state index < -0.39 is 0 Å². The van der Waals surface area contributed by atoms with E-state index in [4.69, 9.17) is 27.6 Å². The minimum atomic E-state index is -0.172. The first-order valence-electron chi connectivity index (χ1n) is 7.41. The number of rotatable bonds is 5. The quantitative estimate of drug-likeness (QED) is 0.655. The molecule has 0 aliphatic rings. The summed E-state index contributed by atoms with van der Waals surface area (Å²) in [5.74, 6) is 0.539. The van der Waals surface area contributed by atoms with Gasteiger partial charge in [0.15, 0.2) is 0 Å². The number of aromatic nitrogens is 1. The molecule has 6 heteroatoms. The fourth-order valence-corrected chi connectivity index (χ4v) is 2.97. The van der Waals surface area contributed by atoms with Gasteiger partial charge < -0.3 is 13.9 Å². The van der Waals surface area contributed by atoms with E-state index in [1.54, 1.807) is 35.4 Å². The highest BCUT2D eigenvalue weighted by Crippen LogP contribution is 2.24. The minimum Gasteiger partial charge on any atom is -0.467 e. The SMILES string of the molecule is Cn1cccc1CN(Cc1ccco1)C(=O)c1ccc(Cl)cc1Cl. The topological polar surface area (TPSA) is 38.4 Å². The Labute approximate surface area is 150 Å². The smallest absolute Gasteiger partial charge is 0.256 e. The number of furan rings is 1. The monoisotopic (exact) mass is 362 g/mol. The van der Waals surface area contributed by atoms with Crippen molar-refractivity contribution in [2.24, 2.45) is 7.05 Å². The first-order valence-corrected chi connectivity index (χ1v) is 8.17. The zero-order chi connectivity index (χ0) is 17.1. The van der Waals surface area contributed by atoms with Gasteiger partial charge in [-0.25, -0.2) is 0 Å². The number of amides is 1. The van der Waals surface area contributed by atoms with Gasteiger partial charge in [-0.3, -0.25) is 4.79 Å². The molecule has 24 heavy (non-hydrogen) atoms. The normalized spacial score (nSPS) is 10.8. The highest BCUT2D eigenvalue weighted by Gasteiger charge is 2.21. The third-order valence-corrected chi connectivity index (χ3v) is 4.33. The third kappa shape index (κ3) is 3.66. The van der Waals surface area contributed by atoms with E-state index in [2.05, 4.69) is 0 Å². The molecule has 0 aliphatic carbocycles. The molecule has 0 N–H and O–H groups in total. The van der Waals surface area contributed by atoms with Crippen molar-refractivity contribution < 1.29 is 9.21 Å². The van der Waals surface area contributed by atoms with Gasteiger partial charge in [0, 0.05) is 24.0 Å². The molecule has 3 rings (SSSR count). The third-order valence-electron chi connectivity index (χ3n) is 3.78. The number of carbonyl (C=O) groups is 1. The number of halogens is 2. The maximum absolute atomic E-state index is 13.0. The molecule has 3 aromatic rings. The Bertz CT molecular complexity index is 841. The van der Waals surface area contributed by atoms with Crippen molar-refractivity contribution in [1.82, 2.24) is 9.47 Å². The lowest BCUT2D eigenvalue weighted by molar-refractivity contribution is 0.0714. The Morgan fingerprint density at radius 1 is 1.17 bits per heavy atom. The molecule has 0 unspecified atom stereocenters. The largest absolute Gasteiger partial charge is 0.467 e. The van der Waals surface area contributed by atoms with Crippen molar-refractivity contribution in [1.29, 1.82) is 0 Å². The Hall–Kier alpha value is -2.17. The predicted octanol–water partition coefficient (Wildman–Crippen LogP) is 4.77. The summed E-state index contributed by atoms with van der Waals surface area (Å²) in [6, 6.07) is 12.4. The van der Waals surface area contributed by atoms with Crippen LogP contribution in [0.4, 0.5) is 0 Å². The maximum Gasteiger partial charge on any atom is 0.256 e. The van der Waals surface area contributed by atoms with Crippen LogP contribution in [0.5, 0.6) is 0 Å². The van der Waals surface area contributed by atoms with Gasteiger partial charge in [0.1, 0.15) is 5.76 Å².